The summed E-state index contributed by atoms with van der Waals surface area (Å²) in [5.74, 6) is 3.36. The molecule has 0 bridgehead atoms. The second kappa shape index (κ2) is 13.5. The maximum absolute atomic E-state index is 13.2. The van der Waals surface area contributed by atoms with Crippen LogP contribution in [0.1, 0.15) is 0 Å². The van der Waals surface area contributed by atoms with Crippen LogP contribution in [0.25, 0.3) is 22.8 Å². The van der Waals surface area contributed by atoms with Gasteiger partial charge in [0.2, 0.25) is 0 Å². The zero-order valence-corrected chi connectivity index (χ0v) is 29.4. The lowest BCUT2D eigenvalue weighted by molar-refractivity contribution is 0.106. The van der Waals surface area contributed by atoms with Crippen molar-refractivity contribution in [3.63, 3.8) is 0 Å². The first-order valence-corrected chi connectivity index (χ1v) is 17.5. The van der Waals surface area contributed by atoms with Crippen molar-refractivity contribution in [3.8, 4) is 34.3 Å². The summed E-state index contributed by atoms with van der Waals surface area (Å²) in [5.41, 5.74) is 1.58. The number of aromatic nitrogens is 4. The molecule has 0 unspecified atom stereocenters. The summed E-state index contributed by atoms with van der Waals surface area (Å²) in [6.45, 7) is 1.86. The van der Waals surface area contributed by atoms with E-state index in [9.17, 15) is 22.4 Å². The first kappa shape index (κ1) is 33.2. The lowest BCUT2D eigenvalue weighted by Gasteiger charge is -2.20. The van der Waals surface area contributed by atoms with Crippen LogP contribution in [0, 0.1) is 0 Å². The summed E-state index contributed by atoms with van der Waals surface area (Å²) in [6, 6.07) is 8.96. The summed E-state index contributed by atoms with van der Waals surface area (Å²) < 4.78 is 75.0. The molecule has 2 atom stereocenters. The highest BCUT2D eigenvalue weighted by atomic mass is 79.9. The number of amides is 1. The van der Waals surface area contributed by atoms with Crippen LogP contribution in [0.2, 0.25) is 0 Å². The quantitative estimate of drug-likeness (QED) is 0.154. The Hall–Kier alpha value is -3.35. The van der Waals surface area contributed by atoms with Crippen molar-refractivity contribution in [1.82, 2.24) is 19.1 Å². The smallest absolute Gasteiger partial charge is 0.287 e. The van der Waals surface area contributed by atoms with E-state index in [0.29, 0.717) is 55.3 Å². The van der Waals surface area contributed by atoms with E-state index in [4.69, 9.17) is 26.4 Å². The van der Waals surface area contributed by atoms with Gasteiger partial charge in [0.25, 0.3) is 23.3 Å². The normalized spacial score (nSPS) is 19.8. The first-order valence-electron chi connectivity index (χ1n) is 14.6. The number of rotatable bonds is 4. The molecule has 6 heterocycles. The van der Waals surface area contributed by atoms with E-state index in [0.717, 1.165) is 36.7 Å². The molecule has 4 aliphatic rings. The van der Waals surface area contributed by atoms with Crippen molar-refractivity contribution in [2.45, 2.75) is 38.0 Å². The lowest BCUT2D eigenvalue weighted by atomic mass is 10.2. The third kappa shape index (κ3) is 6.27. The molecule has 2 fully saturated rings. The Balaban J connectivity index is 0.000000152. The summed E-state index contributed by atoms with van der Waals surface area (Å²) in [7, 11) is 0. The largest absolute Gasteiger partial charge is 0.491 e. The molecule has 2 aromatic heterocycles. The van der Waals surface area contributed by atoms with E-state index < -0.39 is 24.9 Å². The average Bonchev–Trinajstić information content (AvgIpc) is 3.80. The summed E-state index contributed by atoms with van der Waals surface area (Å²) in [6.07, 6.45) is -1.81. The zero-order chi connectivity index (χ0) is 33.7. The lowest BCUT2D eigenvalue weighted by Crippen LogP contribution is -2.38. The fourth-order valence-corrected chi connectivity index (χ4v) is 7.64. The van der Waals surface area contributed by atoms with E-state index in [1.807, 2.05) is 45.5 Å². The number of thiocarbonyl (C=S) groups is 1. The van der Waals surface area contributed by atoms with Gasteiger partial charge in [-0.15, -0.1) is 0 Å². The van der Waals surface area contributed by atoms with Crippen LogP contribution in [0.5, 0.6) is 11.5 Å². The molecule has 252 valence electrons. The topological polar surface area (TPSA) is 86.9 Å². The third-order valence-corrected chi connectivity index (χ3v) is 10.2. The van der Waals surface area contributed by atoms with Gasteiger partial charge < -0.3 is 23.3 Å². The summed E-state index contributed by atoms with van der Waals surface area (Å²) >= 11 is 12.8. The number of fused-ring (bicyclic) bond motifs is 6. The van der Waals surface area contributed by atoms with Crippen molar-refractivity contribution in [2.75, 3.05) is 35.4 Å². The second-order valence-electron chi connectivity index (χ2n) is 10.9. The number of carbonyl (C=O) groups is 1. The molecule has 0 radical (unpaired) electrons. The van der Waals surface area contributed by atoms with Gasteiger partial charge in [-0.3, -0.25) is 14.6 Å². The third-order valence-electron chi connectivity index (χ3n) is 7.96. The molecule has 48 heavy (non-hydrogen) atoms. The monoisotopic (exact) mass is 830 g/mol. The molecule has 1 amide bonds. The number of anilines is 2. The number of ether oxygens (including phenoxy) is 3. The Morgan fingerprint density at radius 2 is 1.31 bits per heavy atom. The van der Waals surface area contributed by atoms with Crippen LogP contribution >= 0.6 is 55.8 Å². The second-order valence-corrected chi connectivity index (χ2v) is 14.1. The number of benzene rings is 2. The maximum atomic E-state index is 13.2. The van der Waals surface area contributed by atoms with Crippen LogP contribution in [0.3, 0.4) is 0 Å². The van der Waals surface area contributed by atoms with Gasteiger partial charge in [0.1, 0.15) is 55.1 Å². The highest BCUT2D eigenvalue weighted by Gasteiger charge is 2.41. The molecule has 0 aliphatic carbocycles. The molecule has 0 saturated carbocycles. The summed E-state index contributed by atoms with van der Waals surface area (Å²) in [5, 5.41) is -0.360. The van der Waals surface area contributed by atoms with Gasteiger partial charge in [0.05, 0.1) is 24.2 Å². The molecular weight excluding hydrogens is 808 g/mol. The Morgan fingerprint density at radius 3 is 1.83 bits per heavy atom. The molecule has 4 aromatic rings. The van der Waals surface area contributed by atoms with Crippen molar-refractivity contribution >= 4 is 77.9 Å². The van der Waals surface area contributed by atoms with Gasteiger partial charge >= 0.3 is 0 Å². The molecular formula is C30H24Br2F4N6O4S2. The Labute approximate surface area is 297 Å². The number of alkyl halides is 4. The fraction of sp³-hybridized carbons (Fsp3) is 0.333. The van der Waals surface area contributed by atoms with Crippen molar-refractivity contribution in [3.05, 3.63) is 57.7 Å². The predicted octanol–water partition coefficient (Wildman–Crippen LogP) is 7.47. The van der Waals surface area contributed by atoms with E-state index >= 15 is 0 Å². The average molecular weight is 832 g/mol. The highest BCUT2D eigenvalue weighted by molar-refractivity contribution is 9.10. The molecule has 10 nitrogen and oxygen atoms in total. The Morgan fingerprint density at radius 1 is 0.792 bits per heavy atom. The molecule has 8 rings (SSSR count). The molecule has 0 N–H and O–H groups in total. The SMILES string of the molecule is FC(F)[C@@H]1COC(=S)N1c1cn2c(n1)-c1ccc(Br)cc1OCC2.O=C1SC[C@@H](C(F)F)N1c1cn2c(n1)-c1ccc(Br)cc1OCC2. The number of hydrogen-bond acceptors (Lipinski definition) is 8. The Bertz CT molecular complexity index is 1760. The minimum absolute atomic E-state index is 0.0286. The number of thioether (sulfide) groups is 1. The first-order chi connectivity index (χ1) is 23.1. The number of carbonyl (C=O) groups excluding carboxylic acids is 1. The zero-order valence-electron chi connectivity index (χ0n) is 24.6. The summed E-state index contributed by atoms with van der Waals surface area (Å²) in [4.78, 5) is 23.4. The van der Waals surface area contributed by atoms with Crippen molar-refractivity contribution < 1.29 is 36.6 Å². The van der Waals surface area contributed by atoms with Crippen LogP contribution in [0.4, 0.5) is 34.0 Å². The highest BCUT2D eigenvalue weighted by Crippen LogP contribution is 2.39. The van der Waals surface area contributed by atoms with E-state index in [1.165, 1.54) is 4.90 Å². The van der Waals surface area contributed by atoms with Gasteiger partial charge in [-0.1, -0.05) is 43.6 Å². The molecule has 2 saturated heterocycles. The van der Waals surface area contributed by atoms with Crippen LogP contribution < -0.4 is 19.3 Å². The number of hydrogen-bond donors (Lipinski definition) is 0. The van der Waals surface area contributed by atoms with E-state index in [-0.39, 0.29) is 28.6 Å². The van der Waals surface area contributed by atoms with E-state index in [2.05, 4.69) is 41.8 Å². The molecule has 4 aliphatic heterocycles. The van der Waals surface area contributed by atoms with E-state index in [1.54, 1.807) is 12.4 Å². The van der Waals surface area contributed by atoms with Gasteiger partial charge in [-0.2, -0.15) is 0 Å². The Kier molecular flexibility index (Phi) is 9.34. The minimum atomic E-state index is -2.60. The maximum Gasteiger partial charge on any atom is 0.287 e. The molecule has 0 spiro atoms. The predicted molar refractivity (Wildman–Crippen MR) is 183 cm³/mol. The van der Waals surface area contributed by atoms with Crippen molar-refractivity contribution in [1.29, 1.82) is 0 Å². The molecule has 2 aromatic carbocycles. The van der Waals surface area contributed by atoms with Gasteiger partial charge in [0, 0.05) is 27.1 Å². The van der Waals surface area contributed by atoms with Crippen molar-refractivity contribution in [2.24, 2.45) is 0 Å². The minimum Gasteiger partial charge on any atom is -0.491 e. The van der Waals surface area contributed by atoms with Crippen LogP contribution in [0.15, 0.2) is 57.7 Å². The number of imidazole rings is 2. The number of halogens is 6. The van der Waals surface area contributed by atoms with Gasteiger partial charge in [-0.05, 0) is 48.6 Å². The number of nitrogens with zero attached hydrogens (tertiary/aromatic N) is 6. The van der Waals surface area contributed by atoms with Crippen LogP contribution in [-0.4, -0.2) is 80.0 Å². The van der Waals surface area contributed by atoms with Gasteiger partial charge in [0.15, 0.2) is 11.6 Å². The van der Waals surface area contributed by atoms with Gasteiger partial charge in [-0.25, -0.2) is 27.5 Å². The molecule has 18 heteroatoms. The fourth-order valence-electron chi connectivity index (χ4n) is 5.69. The van der Waals surface area contributed by atoms with Crippen LogP contribution in [-0.2, 0) is 17.8 Å². The standard InChI is InChI=1S/2C15H12BrF2N3O2S/c16-8-1-2-9-11(5-8)23-4-3-20-6-12(19-14(9)20)21-10(13(17)18)7-24-15(21)22;16-8-1-2-9-11(5-8)22-4-3-20-6-12(19-14(9)20)21-10(13(17)18)7-23-15(21)24/h2*1-2,5-6,10,13H,3-4,7H2/t2*10-/m00/s1.